The lowest BCUT2D eigenvalue weighted by Gasteiger charge is -2.22. The first-order chi connectivity index (χ1) is 8.87. The van der Waals surface area contributed by atoms with E-state index in [1.54, 1.807) is 20.8 Å². The third-order valence-corrected chi connectivity index (χ3v) is 2.72. The van der Waals surface area contributed by atoms with Crippen LogP contribution in [0.2, 0.25) is 0 Å². The van der Waals surface area contributed by atoms with E-state index in [0.717, 1.165) is 10.5 Å². The van der Waals surface area contributed by atoms with Crippen LogP contribution in [0.15, 0.2) is 30.3 Å². The Kier molecular flexibility index (Phi) is 3.46. The summed E-state index contributed by atoms with van der Waals surface area (Å²) in [4.78, 5) is 24.8. The minimum Gasteiger partial charge on any atom is -0.443 e. The average molecular weight is 262 g/mol. The second-order valence-corrected chi connectivity index (χ2v) is 5.50. The Morgan fingerprint density at radius 2 is 1.95 bits per heavy atom. The van der Waals surface area contributed by atoms with Crippen molar-refractivity contribution in [2.24, 2.45) is 0 Å². The number of amides is 3. The second-order valence-electron chi connectivity index (χ2n) is 5.50. The van der Waals surface area contributed by atoms with Crippen molar-refractivity contribution in [2.45, 2.75) is 32.4 Å². The van der Waals surface area contributed by atoms with Gasteiger partial charge < -0.3 is 10.1 Å². The van der Waals surface area contributed by atoms with Crippen LogP contribution in [0.4, 0.5) is 9.59 Å². The standard InChI is InChI=1S/C14H18N2O3/c1-14(2,3)19-13(18)16-9-11(15-12(16)17)10-7-5-4-6-8-10/h4-8,11H,9H2,1-3H3,(H,15,17). The van der Waals surface area contributed by atoms with Gasteiger partial charge in [0, 0.05) is 0 Å². The van der Waals surface area contributed by atoms with Gasteiger partial charge in [0.2, 0.25) is 0 Å². The van der Waals surface area contributed by atoms with Crippen LogP contribution in [0.25, 0.3) is 0 Å². The Labute approximate surface area is 112 Å². The first-order valence-electron chi connectivity index (χ1n) is 6.23. The number of nitrogens with zero attached hydrogens (tertiary/aromatic N) is 1. The molecule has 1 heterocycles. The molecule has 0 aromatic heterocycles. The first kappa shape index (κ1) is 13.4. The number of urea groups is 1. The summed E-state index contributed by atoms with van der Waals surface area (Å²) in [5.41, 5.74) is 0.365. The Morgan fingerprint density at radius 1 is 1.32 bits per heavy atom. The molecule has 0 saturated carbocycles. The van der Waals surface area contributed by atoms with E-state index in [1.165, 1.54) is 0 Å². The first-order valence-corrected chi connectivity index (χ1v) is 6.23. The van der Waals surface area contributed by atoms with Crippen LogP contribution in [-0.2, 0) is 4.74 Å². The molecule has 5 nitrogen and oxygen atoms in total. The lowest BCUT2D eigenvalue weighted by Crippen LogP contribution is -2.38. The van der Waals surface area contributed by atoms with E-state index in [-0.39, 0.29) is 12.6 Å². The molecule has 1 fully saturated rings. The molecule has 1 aliphatic rings. The molecule has 1 N–H and O–H groups in total. The minimum absolute atomic E-state index is 0.179. The molecule has 3 amide bonds. The van der Waals surface area contributed by atoms with E-state index < -0.39 is 17.7 Å². The smallest absolute Gasteiger partial charge is 0.418 e. The van der Waals surface area contributed by atoms with Crippen molar-refractivity contribution >= 4 is 12.1 Å². The molecule has 1 atom stereocenters. The van der Waals surface area contributed by atoms with E-state index in [0.29, 0.717) is 0 Å². The van der Waals surface area contributed by atoms with Crippen molar-refractivity contribution < 1.29 is 14.3 Å². The summed E-state index contributed by atoms with van der Waals surface area (Å²) in [5.74, 6) is 0. The Bertz CT molecular complexity index is 479. The lowest BCUT2D eigenvalue weighted by atomic mass is 10.1. The summed E-state index contributed by atoms with van der Waals surface area (Å²) in [5, 5.41) is 2.77. The van der Waals surface area contributed by atoms with E-state index >= 15 is 0 Å². The number of hydrogen-bond acceptors (Lipinski definition) is 3. The van der Waals surface area contributed by atoms with Gasteiger partial charge in [-0.1, -0.05) is 30.3 Å². The van der Waals surface area contributed by atoms with Gasteiger partial charge in [0.05, 0.1) is 12.6 Å². The van der Waals surface area contributed by atoms with E-state index in [9.17, 15) is 9.59 Å². The second kappa shape index (κ2) is 4.91. The van der Waals surface area contributed by atoms with Crippen molar-refractivity contribution in [1.29, 1.82) is 0 Å². The van der Waals surface area contributed by atoms with Crippen LogP contribution in [-0.4, -0.2) is 29.2 Å². The van der Waals surface area contributed by atoms with Crippen LogP contribution in [0.1, 0.15) is 32.4 Å². The number of hydrogen-bond donors (Lipinski definition) is 1. The van der Waals surface area contributed by atoms with Crippen LogP contribution in [0.5, 0.6) is 0 Å². The van der Waals surface area contributed by atoms with Gasteiger partial charge in [-0.3, -0.25) is 0 Å². The van der Waals surface area contributed by atoms with Gasteiger partial charge in [-0.25, -0.2) is 14.5 Å². The minimum atomic E-state index is -0.609. The summed E-state index contributed by atoms with van der Waals surface area (Å²) in [6.07, 6.45) is -0.608. The van der Waals surface area contributed by atoms with Gasteiger partial charge in [-0.05, 0) is 26.3 Å². The summed E-state index contributed by atoms with van der Waals surface area (Å²) < 4.78 is 5.20. The number of rotatable bonds is 1. The van der Waals surface area contributed by atoms with Crippen molar-refractivity contribution in [1.82, 2.24) is 10.2 Å². The van der Waals surface area contributed by atoms with Crippen LogP contribution in [0.3, 0.4) is 0 Å². The molecule has 0 radical (unpaired) electrons. The third-order valence-electron chi connectivity index (χ3n) is 2.72. The summed E-state index contributed by atoms with van der Waals surface area (Å²) in [7, 11) is 0. The van der Waals surface area contributed by atoms with Gasteiger partial charge in [0.25, 0.3) is 0 Å². The predicted molar refractivity (Wildman–Crippen MR) is 70.7 cm³/mol. The zero-order valence-electron chi connectivity index (χ0n) is 11.3. The molecule has 0 spiro atoms. The van der Waals surface area contributed by atoms with Crippen molar-refractivity contribution in [3.63, 3.8) is 0 Å². The molecule has 1 aliphatic heterocycles. The molecular formula is C14H18N2O3. The van der Waals surface area contributed by atoms with Crippen LogP contribution < -0.4 is 5.32 Å². The van der Waals surface area contributed by atoms with E-state index in [1.807, 2.05) is 30.3 Å². The van der Waals surface area contributed by atoms with Crippen LogP contribution in [0, 0.1) is 0 Å². The largest absolute Gasteiger partial charge is 0.443 e. The van der Waals surface area contributed by atoms with Crippen molar-refractivity contribution in [3.8, 4) is 0 Å². The number of nitrogens with one attached hydrogen (secondary N) is 1. The Morgan fingerprint density at radius 3 is 2.53 bits per heavy atom. The fourth-order valence-corrected chi connectivity index (χ4v) is 1.89. The Hall–Kier alpha value is -2.04. The number of benzene rings is 1. The molecule has 1 aromatic carbocycles. The summed E-state index contributed by atoms with van der Waals surface area (Å²) >= 11 is 0. The van der Waals surface area contributed by atoms with E-state index in [4.69, 9.17) is 4.74 Å². The number of ether oxygens (including phenoxy) is 1. The van der Waals surface area contributed by atoms with Gasteiger partial charge in [0.15, 0.2) is 0 Å². The highest BCUT2D eigenvalue weighted by molar-refractivity contribution is 5.93. The molecule has 1 unspecified atom stereocenters. The SMILES string of the molecule is CC(C)(C)OC(=O)N1CC(c2ccccc2)NC1=O. The van der Waals surface area contributed by atoms with Crippen molar-refractivity contribution in [2.75, 3.05) is 6.54 Å². The zero-order chi connectivity index (χ0) is 14.0. The highest BCUT2D eigenvalue weighted by atomic mass is 16.6. The van der Waals surface area contributed by atoms with Gasteiger partial charge in [-0.15, -0.1) is 0 Å². The fraction of sp³-hybridized carbons (Fsp3) is 0.429. The van der Waals surface area contributed by atoms with Gasteiger partial charge in [0.1, 0.15) is 5.60 Å². The molecule has 0 aliphatic carbocycles. The monoisotopic (exact) mass is 262 g/mol. The average Bonchev–Trinajstić information content (AvgIpc) is 2.70. The maximum atomic E-state index is 11.9. The number of carbonyl (C=O) groups excluding carboxylic acids is 2. The quantitative estimate of drug-likeness (QED) is 0.846. The lowest BCUT2D eigenvalue weighted by molar-refractivity contribution is 0.0349. The molecule has 1 saturated heterocycles. The molecule has 102 valence electrons. The summed E-state index contributed by atoms with van der Waals surface area (Å²) in [6.45, 7) is 5.60. The van der Waals surface area contributed by atoms with Crippen LogP contribution >= 0.6 is 0 Å². The summed E-state index contributed by atoms with van der Waals surface area (Å²) in [6, 6.07) is 8.96. The fourth-order valence-electron chi connectivity index (χ4n) is 1.89. The zero-order valence-corrected chi connectivity index (χ0v) is 11.3. The number of imide groups is 1. The highest BCUT2D eigenvalue weighted by Gasteiger charge is 2.36. The molecule has 2 rings (SSSR count). The third kappa shape index (κ3) is 3.24. The molecular weight excluding hydrogens is 244 g/mol. The van der Waals surface area contributed by atoms with Gasteiger partial charge in [-0.2, -0.15) is 0 Å². The number of carbonyl (C=O) groups is 2. The molecule has 5 heteroatoms. The maximum absolute atomic E-state index is 11.9. The molecule has 19 heavy (non-hydrogen) atoms. The highest BCUT2D eigenvalue weighted by Crippen LogP contribution is 2.21. The van der Waals surface area contributed by atoms with Gasteiger partial charge >= 0.3 is 12.1 Å². The topological polar surface area (TPSA) is 58.6 Å². The maximum Gasteiger partial charge on any atom is 0.418 e. The normalized spacial score (nSPS) is 19.2. The van der Waals surface area contributed by atoms with E-state index in [2.05, 4.69) is 5.32 Å². The van der Waals surface area contributed by atoms with Crippen molar-refractivity contribution in [3.05, 3.63) is 35.9 Å². The molecule has 1 aromatic rings. The predicted octanol–water partition coefficient (Wildman–Crippen LogP) is 2.69. The Balaban J connectivity index is 2.06. The molecule has 0 bridgehead atoms.